The van der Waals surface area contributed by atoms with Crippen molar-refractivity contribution in [1.29, 1.82) is 0 Å². The fourth-order valence-electron chi connectivity index (χ4n) is 3.08. The Balaban J connectivity index is 2.16. The highest BCUT2D eigenvalue weighted by molar-refractivity contribution is 7.89. The fraction of sp³-hybridized carbons (Fsp3) is 0.611. The third kappa shape index (κ3) is 4.82. The molecule has 8 heteroatoms. The molecule has 1 atom stereocenters. The number of carbonyl (C=O) groups excluding carboxylic acids is 1. The second kappa shape index (κ2) is 8.47. The third-order valence-corrected chi connectivity index (χ3v) is 6.78. The van der Waals surface area contributed by atoms with Gasteiger partial charge in [-0.25, -0.2) is 8.42 Å². The van der Waals surface area contributed by atoms with Gasteiger partial charge in [-0.05, 0) is 32.0 Å². The van der Waals surface area contributed by atoms with Gasteiger partial charge in [-0.2, -0.15) is 4.31 Å². The monoisotopic (exact) mass is 382 g/mol. The predicted octanol–water partition coefficient (Wildman–Crippen LogP) is 0.756. The number of likely N-dealkylation sites (N-methyl/N-ethyl adjacent to an activating group) is 1. The van der Waals surface area contributed by atoms with Crippen LogP contribution in [0, 0.1) is 0 Å². The molecule has 2 rings (SSSR count). The van der Waals surface area contributed by atoms with E-state index in [4.69, 9.17) is 5.73 Å². The Labute approximate surface area is 156 Å². The normalized spacial score (nSPS) is 19.1. The quantitative estimate of drug-likeness (QED) is 0.726. The van der Waals surface area contributed by atoms with Crippen molar-refractivity contribution >= 4 is 15.9 Å². The van der Waals surface area contributed by atoms with Crippen molar-refractivity contribution in [2.75, 3.05) is 33.2 Å². The van der Waals surface area contributed by atoms with E-state index in [1.807, 2.05) is 14.0 Å². The minimum Gasteiger partial charge on any atom is -0.350 e. The largest absolute Gasteiger partial charge is 0.350 e. The van der Waals surface area contributed by atoms with E-state index in [0.717, 1.165) is 6.42 Å². The summed E-state index contributed by atoms with van der Waals surface area (Å²) in [5, 5.41) is 2.79. The number of nitrogens with two attached hydrogens (primary N) is 1. The summed E-state index contributed by atoms with van der Waals surface area (Å²) in [5.74, 6) is -0.272. The van der Waals surface area contributed by atoms with Gasteiger partial charge in [-0.1, -0.05) is 31.5 Å². The van der Waals surface area contributed by atoms with Gasteiger partial charge in [0.15, 0.2) is 0 Å². The Morgan fingerprint density at radius 1 is 1.23 bits per heavy atom. The lowest BCUT2D eigenvalue weighted by atomic mass is 9.96. The van der Waals surface area contributed by atoms with Crippen LogP contribution in [0.25, 0.3) is 0 Å². The summed E-state index contributed by atoms with van der Waals surface area (Å²) >= 11 is 0. The minimum absolute atomic E-state index is 0.137. The zero-order chi connectivity index (χ0) is 19.4. The molecule has 1 aromatic rings. The van der Waals surface area contributed by atoms with Crippen LogP contribution in [0.15, 0.2) is 29.2 Å². The molecule has 146 valence electrons. The zero-order valence-electron chi connectivity index (χ0n) is 15.9. The van der Waals surface area contributed by atoms with Gasteiger partial charge >= 0.3 is 0 Å². The first-order chi connectivity index (χ1) is 12.2. The molecular formula is C18H30N4O3S. The van der Waals surface area contributed by atoms with Crippen LogP contribution >= 0.6 is 0 Å². The zero-order valence-corrected chi connectivity index (χ0v) is 16.7. The first-order valence-electron chi connectivity index (χ1n) is 9.02. The Bertz CT molecular complexity index is 726. The number of sulfonamides is 1. The van der Waals surface area contributed by atoms with E-state index >= 15 is 0 Å². The SMILES string of the molecule is CCCC(C)(N)C(=O)NCc1ccccc1S(=O)(=O)N1CCN(C)CC1. The molecular weight excluding hydrogens is 352 g/mol. The van der Waals surface area contributed by atoms with Gasteiger partial charge in [-0.3, -0.25) is 4.79 Å². The minimum atomic E-state index is -3.59. The van der Waals surface area contributed by atoms with Crippen molar-refractivity contribution in [1.82, 2.24) is 14.5 Å². The summed E-state index contributed by atoms with van der Waals surface area (Å²) in [5.41, 5.74) is 5.66. The van der Waals surface area contributed by atoms with E-state index in [2.05, 4.69) is 10.2 Å². The summed E-state index contributed by atoms with van der Waals surface area (Å²) in [6, 6.07) is 6.82. The number of hydrogen-bond donors (Lipinski definition) is 2. The number of amides is 1. The molecule has 26 heavy (non-hydrogen) atoms. The van der Waals surface area contributed by atoms with E-state index < -0.39 is 15.6 Å². The van der Waals surface area contributed by atoms with E-state index in [1.54, 1.807) is 31.2 Å². The number of carbonyl (C=O) groups is 1. The van der Waals surface area contributed by atoms with Gasteiger partial charge < -0.3 is 16.0 Å². The van der Waals surface area contributed by atoms with Gasteiger partial charge in [0.05, 0.1) is 10.4 Å². The molecule has 1 saturated heterocycles. The standard InChI is InChI=1S/C18H30N4O3S/c1-4-9-18(2,19)17(23)20-14-15-7-5-6-8-16(15)26(24,25)22-12-10-21(3)11-13-22/h5-8H,4,9-14,19H2,1-3H3,(H,20,23). The van der Waals surface area contributed by atoms with E-state index in [0.29, 0.717) is 38.2 Å². The Morgan fingerprint density at radius 3 is 2.46 bits per heavy atom. The lowest BCUT2D eigenvalue weighted by Gasteiger charge is -2.32. The summed E-state index contributed by atoms with van der Waals surface area (Å²) in [7, 11) is -1.61. The fourth-order valence-corrected chi connectivity index (χ4v) is 4.72. The highest BCUT2D eigenvalue weighted by atomic mass is 32.2. The summed E-state index contributed by atoms with van der Waals surface area (Å²) < 4.78 is 27.6. The van der Waals surface area contributed by atoms with Crippen molar-refractivity contribution < 1.29 is 13.2 Å². The van der Waals surface area contributed by atoms with Crippen LogP contribution in [0.5, 0.6) is 0 Å². The second-order valence-corrected chi connectivity index (χ2v) is 9.07. The van der Waals surface area contributed by atoms with Gasteiger partial charge in [0, 0.05) is 32.7 Å². The summed E-state index contributed by atoms with van der Waals surface area (Å²) in [6.45, 7) is 6.16. The first kappa shape index (κ1) is 20.8. The van der Waals surface area contributed by atoms with Gasteiger partial charge in [0.25, 0.3) is 0 Å². The molecule has 7 nitrogen and oxygen atoms in total. The molecule has 0 radical (unpaired) electrons. The number of nitrogens with one attached hydrogen (secondary N) is 1. The Hall–Kier alpha value is -1.48. The molecule has 0 aromatic heterocycles. The number of benzene rings is 1. The lowest BCUT2D eigenvalue weighted by molar-refractivity contribution is -0.126. The first-order valence-corrected chi connectivity index (χ1v) is 10.5. The number of rotatable bonds is 7. The average molecular weight is 383 g/mol. The molecule has 1 amide bonds. The summed E-state index contributed by atoms with van der Waals surface area (Å²) in [6.07, 6.45) is 1.37. The van der Waals surface area contributed by atoms with Gasteiger partial charge in [0.1, 0.15) is 0 Å². The molecule has 0 bridgehead atoms. The number of piperazine rings is 1. The molecule has 0 saturated carbocycles. The van der Waals surface area contributed by atoms with Gasteiger partial charge in [-0.15, -0.1) is 0 Å². The molecule has 1 heterocycles. The van der Waals surface area contributed by atoms with Crippen LogP contribution in [-0.4, -0.2) is 62.3 Å². The molecule has 0 aliphatic carbocycles. The van der Waals surface area contributed by atoms with Crippen molar-refractivity contribution in [3.63, 3.8) is 0 Å². The van der Waals surface area contributed by atoms with E-state index in [1.165, 1.54) is 4.31 Å². The maximum Gasteiger partial charge on any atom is 0.243 e. The predicted molar refractivity (Wildman–Crippen MR) is 102 cm³/mol. The molecule has 0 spiro atoms. The van der Waals surface area contributed by atoms with Crippen LogP contribution in [0.3, 0.4) is 0 Å². The van der Waals surface area contributed by atoms with E-state index in [9.17, 15) is 13.2 Å². The van der Waals surface area contributed by atoms with Crippen molar-refractivity contribution in [2.45, 2.75) is 43.7 Å². The molecule has 1 unspecified atom stereocenters. The van der Waals surface area contributed by atoms with Gasteiger partial charge in [0.2, 0.25) is 15.9 Å². The smallest absolute Gasteiger partial charge is 0.243 e. The Morgan fingerprint density at radius 2 is 1.85 bits per heavy atom. The summed E-state index contributed by atoms with van der Waals surface area (Å²) in [4.78, 5) is 14.7. The van der Waals surface area contributed by atoms with Crippen LogP contribution < -0.4 is 11.1 Å². The number of nitrogens with zero attached hydrogens (tertiary/aromatic N) is 2. The lowest BCUT2D eigenvalue weighted by Crippen LogP contribution is -2.51. The van der Waals surface area contributed by atoms with Crippen LogP contribution in [-0.2, 0) is 21.4 Å². The van der Waals surface area contributed by atoms with Crippen LogP contribution in [0.1, 0.15) is 32.3 Å². The van der Waals surface area contributed by atoms with Crippen molar-refractivity contribution in [2.24, 2.45) is 5.73 Å². The van der Waals surface area contributed by atoms with Crippen molar-refractivity contribution in [3.05, 3.63) is 29.8 Å². The highest BCUT2D eigenvalue weighted by Crippen LogP contribution is 2.21. The maximum absolute atomic E-state index is 13.0. The topological polar surface area (TPSA) is 95.7 Å². The third-order valence-electron chi connectivity index (χ3n) is 4.78. The molecule has 1 aromatic carbocycles. The molecule has 1 aliphatic heterocycles. The van der Waals surface area contributed by atoms with Crippen molar-refractivity contribution in [3.8, 4) is 0 Å². The second-order valence-electron chi connectivity index (χ2n) is 7.17. The highest BCUT2D eigenvalue weighted by Gasteiger charge is 2.30. The van der Waals surface area contributed by atoms with E-state index in [-0.39, 0.29) is 17.3 Å². The molecule has 3 N–H and O–H groups in total. The maximum atomic E-state index is 13.0. The Kier molecular flexibility index (Phi) is 6.79. The van der Waals surface area contributed by atoms with Crippen LogP contribution in [0.2, 0.25) is 0 Å². The molecule has 1 aliphatic rings. The average Bonchev–Trinajstić information content (AvgIpc) is 2.60. The number of hydrogen-bond acceptors (Lipinski definition) is 5. The molecule has 1 fully saturated rings. The van der Waals surface area contributed by atoms with Crippen LogP contribution in [0.4, 0.5) is 0 Å².